The highest BCUT2D eigenvalue weighted by Gasteiger charge is 2.25. The molecule has 0 bridgehead atoms. The number of hydrogen-bond acceptors (Lipinski definition) is 2. The zero-order valence-corrected chi connectivity index (χ0v) is 18.1. The predicted molar refractivity (Wildman–Crippen MR) is 122 cm³/mol. The zero-order valence-electron chi connectivity index (χ0n) is 18.1. The van der Waals surface area contributed by atoms with Crippen molar-refractivity contribution in [3.63, 3.8) is 0 Å². The molecule has 0 fully saturated rings. The Balaban J connectivity index is 1.77. The van der Waals surface area contributed by atoms with Crippen molar-refractivity contribution in [2.24, 2.45) is 0 Å². The molecule has 0 saturated carbocycles. The van der Waals surface area contributed by atoms with E-state index >= 15 is 0 Å². The third-order valence-corrected chi connectivity index (χ3v) is 5.47. The average Bonchev–Trinajstić information content (AvgIpc) is 2.80. The molecule has 1 atom stereocenters. The van der Waals surface area contributed by atoms with Crippen LogP contribution in [0.1, 0.15) is 37.8 Å². The molecule has 0 aromatic heterocycles. The zero-order chi connectivity index (χ0) is 22.2. The molecule has 0 aliphatic rings. The Hall–Kier alpha value is -3.21. The van der Waals surface area contributed by atoms with E-state index in [1.165, 1.54) is 12.1 Å². The second-order valence-corrected chi connectivity index (χ2v) is 7.75. The van der Waals surface area contributed by atoms with Crippen LogP contribution in [0.5, 0.6) is 0 Å². The summed E-state index contributed by atoms with van der Waals surface area (Å²) in [7, 11) is 0. The van der Waals surface area contributed by atoms with Crippen LogP contribution in [-0.2, 0) is 22.6 Å². The summed E-state index contributed by atoms with van der Waals surface area (Å²) in [5.41, 5.74) is 1.89. The van der Waals surface area contributed by atoms with E-state index in [1.54, 1.807) is 24.0 Å². The SMILES string of the molecule is CCCNC(=O)[C@@H](C)N(Cc1ccc(F)cc1)C(=O)CCc1cccc2ccccc12. The van der Waals surface area contributed by atoms with Gasteiger partial charge >= 0.3 is 0 Å². The standard InChI is InChI=1S/C26H29FN2O2/c1-3-17-28-26(31)19(2)29(18-20-11-14-23(27)15-12-20)25(30)16-13-22-9-6-8-21-7-4-5-10-24(21)22/h4-12,14-15,19H,3,13,16-18H2,1-2H3,(H,28,31)/t19-/m1/s1. The second kappa shape index (κ2) is 10.7. The molecule has 0 unspecified atom stereocenters. The molecule has 4 nitrogen and oxygen atoms in total. The lowest BCUT2D eigenvalue weighted by Gasteiger charge is -2.29. The summed E-state index contributed by atoms with van der Waals surface area (Å²) in [5, 5.41) is 5.14. The van der Waals surface area contributed by atoms with Crippen LogP contribution in [0, 0.1) is 5.82 Å². The Bertz CT molecular complexity index is 1030. The number of nitrogens with one attached hydrogen (secondary N) is 1. The maximum absolute atomic E-state index is 13.3. The monoisotopic (exact) mass is 420 g/mol. The van der Waals surface area contributed by atoms with Crippen LogP contribution in [0.15, 0.2) is 66.7 Å². The third kappa shape index (κ3) is 5.91. The van der Waals surface area contributed by atoms with Crippen LogP contribution in [0.3, 0.4) is 0 Å². The van der Waals surface area contributed by atoms with Gasteiger partial charge in [-0.05, 0) is 53.8 Å². The molecular weight excluding hydrogens is 391 g/mol. The van der Waals surface area contributed by atoms with Crippen LogP contribution < -0.4 is 5.32 Å². The van der Waals surface area contributed by atoms with Crippen LogP contribution in [0.2, 0.25) is 0 Å². The maximum Gasteiger partial charge on any atom is 0.242 e. The van der Waals surface area contributed by atoms with E-state index < -0.39 is 6.04 Å². The predicted octanol–water partition coefficient (Wildman–Crippen LogP) is 4.86. The largest absolute Gasteiger partial charge is 0.354 e. The van der Waals surface area contributed by atoms with Gasteiger partial charge in [0.1, 0.15) is 11.9 Å². The molecule has 0 aliphatic heterocycles. The number of rotatable bonds is 9. The number of aryl methyl sites for hydroxylation is 1. The van der Waals surface area contributed by atoms with E-state index in [0.717, 1.165) is 28.3 Å². The first-order chi connectivity index (χ1) is 15.0. The first-order valence-electron chi connectivity index (χ1n) is 10.8. The minimum Gasteiger partial charge on any atom is -0.354 e. The van der Waals surface area contributed by atoms with E-state index in [0.29, 0.717) is 19.4 Å². The van der Waals surface area contributed by atoms with Gasteiger partial charge in [-0.15, -0.1) is 0 Å². The highest BCUT2D eigenvalue weighted by atomic mass is 19.1. The van der Waals surface area contributed by atoms with Gasteiger partial charge in [0.2, 0.25) is 11.8 Å². The minimum absolute atomic E-state index is 0.101. The maximum atomic E-state index is 13.3. The number of carbonyl (C=O) groups excluding carboxylic acids is 2. The van der Waals surface area contributed by atoms with Crippen LogP contribution in [0.4, 0.5) is 4.39 Å². The van der Waals surface area contributed by atoms with E-state index in [1.807, 2.05) is 31.2 Å². The van der Waals surface area contributed by atoms with E-state index in [-0.39, 0.29) is 24.2 Å². The van der Waals surface area contributed by atoms with Crippen molar-refractivity contribution in [3.05, 3.63) is 83.7 Å². The van der Waals surface area contributed by atoms with Gasteiger partial charge in [0.15, 0.2) is 0 Å². The molecule has 0 heterocycles. The summed E-state index contributed by atoms with van der Waals surface area (Å²) in [4.78, 5) is 27.4. The molecule has 3 aromatic carbocycles. The molecule has 2 amide bonds. The van der Waals surface area contributed by atoms with E-state index in [9.17, 15) is 14.0 Å². The van der Waals surface area contributed by atoms with Crippen molar-refractivity contribution in [1.82, 2.24) is 10.2 Å². The summed E-state index contributed by atoms with van der Waals surface area (Å²) < 4.78 is 13.3. The summed E-state index contributed by atoms with van der Waals surface area (Å²) in [5.74, 6) is -0.606. The Morgan fingerprint density at radius 1 is 1.00 bits per heavy atom. The van der Waals surface area contributed by atoms with Gasteiger partial charge in [-0.1, -0.05) is 61.5 Å². The van der Waals surface area contributed by atoms with E-state index in [4.69, 9.17) is 0 Å². The molecule has 3 aromatic rings. The fourth-order valence-corrected chi connectivity index (χ4v) is 3.66. The van der Waals surface area contributed by atoms with Gasteiger partial charge in [0, 0.05) is 19.5 Å². The van der Waals surface area contributed by atoms with Gasteiger partial charge < -0.3 is 10.2 Å². The molecule has 0 spiro atoms. The molecule has 0 radical (unpaired) electrons. The number of carbonyl (C=O) groups is 2. The lowest BCUT2D eigenvalue weighted by molar-refractivity contribution is -0.140. The molecular formula is C26H29FN2O2. The van der Waals surface area contributed by atoms with Crippen molar-refractivity contribution in [2.75, 3.05) is 6.54 Å². The Morgan fingerprint density at radius 3 is 2.45 bits per heavy atom. The van der Waals surface area contributed by atoms with Crippen LogP contribution >= 0.6 is 0 Å². The third-order valence-electron chi connectivity index (χ3n) is 5.47. The lowest BCUT2D eigenvalue weighted by Crippen LogP contribution is -2.47. The summed E-state index contributed by atoms with van der Waals surface area (Å²) in [6, 6.07) is 19.6. The smallest absolute Gasteiger partial charge is 0.242 e. The van der Waals surface area contributed by atoms with Gasteiger partial charge in [-0.2, -0.15) is 0 Å². The Kier molecular flexibility index (Phi) is 7.76. The van der Waals surface area contributed by atoms with Gasteiger partial charge in [-0.3, -0.25) is 9.59 Å². The van der Waals surface area contributed by atoms with Crippen molar-refractivity contribution in [1.29, 1.82) is 0 Å². The highest BCUT2D eigenvalue weighted by molar-refractivity contribution is 5.88. The first-order valence-corrected chi connectivity index (χ1v) is 10.8. The van der Waals surface area contributed by atoms with E-state index in [2.05, 4.69) is 23.5 Å². The molecule has 5 heteroatoms. The quantitative estimate of drug-likeness (QED) is 0.538. The molecule has 3 rings (SSSR count). The number of nitrogens with zero attached hydrogens (tertiary/aromatic N) is 1. The fraction of sp³-hybridized carbons (Fsp3) is 0.308. The molecule has 162 valence electrons. The average molecular weight is 421 g/mol. The molecule has 0 aliphatic carbocycles. The minimum atomic E-state index is -0.614. The second-order valence-electron chi connectivity index (χ2n) is 7.75. The van der Waals surface area contributed by atoms with Gasteiger partial charge in [0.25, 0.3) is 0 Å². The van der Waals surface area contributed by atoms with Gasteiger partial charge in [-0.25, -0.2) is 4.39 Å². The van der Waals surface area contributed by atoms with Crippen molar-refractivity contribution >= 4 is 22.6 Å². The lowest BCUT2D eigenvalue weighted by atomic mass is 10.0. The van der Waals surface area contributed by atoms with Crippen molar-refractivity contribution in [2.45, 2.75) is 45.7 Å². The van der Waals surface area contributed by atoms with Gasteiger partial charge in [0.05, 0.1) is 0 Å². The highest BCUT2D eigenvalue weighted by Crippen LogP contribution is 2.21. The number of fused-ring (bicyclic) bond motifs is 1. The number of amides is 2. The van der Waals surface area contributed by atoms with Crippen molar-refractivity contribution in [3.8, 4) is 0 Å². The number of halogens is 1. The summed E-state index contributed by atoms with van der Waals surface area (Å²) >= 11 is 0. The number of hydrogen-bond donors (Lipinski definition) is 1. The topological polar surface area (TPSA) is 49.4 Å². The summed E-state index contributed by atoms with van der Waals surface area (Å²) in [6.07, 6.45) is 1.70. The Morgan fingerprint density at radius 2 is 1.71 bits per heavy atom. The first kappa shape index (κ1) is 22.5. The molecule has 31 heavy (non-hydrogen) atoms. The fourth-order valence-electron chi connectivity index (χ4n) is 3.66. The van der Waals surface area contributed by atoms with Crippen LogP contribution in [-0.4, -0.2) is 29.3 Å². The molecule has 1 N–H and O–H groups in total. The Labute approximate surface area is 183 Å². The van der Waals surface area contributed by atoms with Crippen molar-refractivity contribution < 1.29 is 14.0 Å². The van der Waals surface area contributed by atoms with Crippen LogP contribution in [0.25, 0.3) is 10.8 Å². The summed E-state index contributed by atoms with van der Waals surface area (Å²) in [6.45, 7) is 4.55. The number of benzene rings is 3. The normalized spacial score (nSPS) is 11.8. The molecule has 0 saturated heterocycles.